The number of rotatable bonds is 4. The molecular formula is C15H16FN5O4. The SMILES string of the molecule is CC1(O)CC(n2nc(-c3ccc([N+](=O)[O-])c(F)c3)c(C(N)=O)c2N)C1. The quantitative estimate of drug-likeness (QED) is 0.560. The summed E-state index contributed by atoms with van der Waals surface area (Å²) in [6.45, 7) is 1.67. The van der Waals surface area contributed by atoms with Crippen molar-refractivity contribution in [2.24, 2.45) is 5.73 Å². The second-order valence-corrected chi connectivity index (χ2v) is 6.40. The van der Waals surface area contributed by atoms with E-state index < -0.39 is 27.9 Å². The fourth-order valence-corrected chi connectivity index (χ4v) is 3.10. The molecule has 5 N–H and O–H groups in total. The lowest BCUT2D eigenvalue weighted by Crippen LogP contribution is -2.42. The minimum absolute atomic E-state index is 0.0155. The second kappa shape index (κ2) is 5.52. The van der Waals surface area contributed by atoms with Crippen molar-refractivity contribution in [3.8, 4) is 11.3 Å². The number of aliphatic hydroxyl groups is 1. The summed E-state index contributed by atoms with van der Waals surface area (Å²) >= 11 is 0. The number of aromatic nitrogens is 2. The molecule has 10 heteroatoms. The van der Waals surface area contributed by atoms with Gasteiger partial charge in [-0.25, -0.2) is 4.68 Å². The van der Waals surface area contributed by atoms with Crippen LogP contribution in [0, 0.1) is 15.9 Å². The third kappa shape index (κ3) is 2.80. The summed E-state index contributed by atoms with van der Waals surface area (Å²) in [5.74, 6) is -1.89. The molecule has 25 heavy (non-hydrogen) atoms. The summed E-state index contributed by atoms with van der Waals surface area (Å²) in [6.07, 6.45) is 0.788. The maximum atomic E-state index is 13.9. The van der Waals surface area contributed by atoms with Gasteiger partial charge in [-0.2, -0.15) is 9.49 Å². The zero-order valence-electron chi connectivity index (χ0n) is 13.3. The summed E-state index contributed by atoms with van der Waals surface area (Å²) in [5, 5.41) is 24.8. The van der Waals surface area contributed by atoms with Crippen molar-refractivity contribution in [1.82, 2.24) is 9.78 Å². The Morgan fingerprint density at radius 1 is 1.52 bits per heavy atom. The highest BCUT2D eigenvalue weighted by Crippen LogP contribution is 2.43. The van der Waals surface area contributed by atoms with Crippen molar-refractivity contribution in [3.63, 3.8) is 0 Å². The van der Waals surface area contributed by atoms with Gasteiger partial charge in [0, 0.05) is 11.6 Å². The van der Waals surface area contributed by atoms with Gasteiger partial charge in [0.05, 0.1) is 16.6 Å². The van der Waals surface area contributed by atoms with E-state index in [9.17, 15) is 24.4 Å². The Bertz CT molecular complexity index is 884. The van der Waals surface area contributed by atoms with Crippen LogP contribution >= 0.6 is 0 Å². The molecule has 0 atom stereocenters. The molecule has 0 spiro atoms. The van der Waals surface area contributed by atoms with E-state index in [0.29, 0.717) is 12.8 Å². The van der Waals surface area contributed by atoms with Crippen LogP contribution in [0.25, 0.3) is 11.3 Å². The number of halogens is 1. The van der Waals surface area contributed by atoms with Gasteiger partial charge in [-0.1, -0.05) is 0 Å². The van der Waals surface area contributed by atoms with E-state index in [1.807, 2.05) is 0 Å². The number of nitro groups is 1. The van der Waals surface area contributed by atoms with Crippen LogP contribution in [0.4, 0.5) is 15.9 Å². The maximum absolute atomic E-state index is 13.9. The van der Waals surface area contributed by atoms with Gasteiger partial charge >= 0.3 is 5.69 Å². The molecule has 1 aliphatic rings. The smallest absolute Gasteiger partial charge is 0.304 e. The van der Waals surface area contributed by atoms with Crippen LogP contribution in [0.15, 0.2) is 18.2 Å². The van der Waals surface area contributed by atoms with E-state index in [4.69, 9.17) is 11.5 Å². The van der Waals surface area contributed by atoms with Crippen LogP contribution in [0.2, 0.25) is 0 Å². The van der Waals surface area contributed by atoms with Crippen LogP contribution in [-0.4, -0.2) is 31.3 Å². The van der Waals surface area contributed by atoms with Crippen molar-refractivity contribution >= 4 is 17.4 Å². The highest BCUT2D eigenvalue weighted by molar-refractivity contribution is 6.03. The summed E-state index contributed by atoms with van der Waals surface area (Å²) in [7, 11) is 0. The van der Waals surface area contributed by atoms with Gasteiger partial charge in [-0.05, 0) is 31.9 Å². The van der Waals surface area contributed by atoms with Crippen LogP contribution < -0.4 is 11.5 Å². The number of nitro benzene ring substituents is 1. The first-order valence-electron chi connectivity index (χ1n) is 7.45. The number of hydrogen-bond acceptors (Lipinski definition) is 6. The Kier molecular flexibility index (Phi) is 3.72. The number of amides is 1. The highest BCUT2D eigenvalue weighted by Gasteiger charge is 2.41. The molecule has 1 aliphatic carbocycles. The molecule has 1 saturated carbocycles. The number of nitrogens with two attached hydrogens (primary N) is 2. The molecule has 0 aliphatic heterocycles. The second-order valence-electron chi connectivity index (χ2n) is 6.40. The molecule has 3 rings (SSSR count). The van der Waals surface area contributed by atoms with E-state index in [1.165, 1.54) is 10.7 Å². The molecule has 1 fully saturated rings. The number of carbonyl (C=O) groups excluding carboxylic acids is 1. The van der Waals surface area contributed by atoms with E-state index in [2.05, 4.69) is 5.10 Å². The Labute approximate surface area is 141 Å². The van der Waals surface area contributed by atoms with Gasteiger partial charge in [-0.3, -0.25) is 14.9 Å². The standard InChI is InChI=1S/C15H16FN5O4/c1-15(23)5-8(6-15)20-13(17)11(14(18)22)12(19-20)7-2-3-10(21(24)25)9(16)4-7/h2-4,8,23H,5-6,17H2,1H3,(H2,18,22). The Balaban J connectivity index is 2.08. The zero-order chi connectivity index (χ0) is 18.5. The molecule has 0 bridgehead atoms. The summed E-state index contributed by atoms with van der Waals surface area (Å²) in [4.78, 5) is 21.7. The number of anilines is 1. The first-order chi connectivity index (χ1) is 11.6. The minimum Gasteiger partial charge on any atom is -0.390 e. The van der Waals surface area contributed by atoms with Crippen molar-refractivity contribution in [3.05, 3.63) is 39.7 Å². The summed E-state index contributed by atoms with van der Waals surface area (Å²) < 4.78 is 15.3. The summed E-state index contributed by atoms with van der Waals surface area (Å²) in [6, 6.07) is 2.95. The molecule has 9 nitrogen and oxygen atoms in total. The van der Waals surface area contributed by atoms with Gasteiger partial charge in [0.2, 0.25) is 5.82 Å². The third-order valence-corrected chi connectivity index (χ3v) is 4.31. The van der Waals surface area contributed by atoms with Crippen LogP contribution in [0.5, 0.6) is 0 Å². The van der Waals surface area contributed by atoms with Crippen molar-refractivity contribution in [1.29, 1.82) is 0 Å². The van der Waals surface area contributed by atoms with Crippen LogP contribution in [0.3, 0.4) is 0 Å². The largest absolute Gasteiger partial charge is 0.390 e. The van der Waals surface area contributed by atoms with Crippen molar-refractivity contribution in [2.45, 2.75) is 31.4 Å². The lowest BCUT2D eigenvalue weighted by atomic mass is 9.77. The fraction of sp³-hybridized carbons (Fsp3) is 0.333. The molecule has 0 unspecified atom stereocenters. The fourth-order valence-electron chi connectivity index (χ4n) is 3.10. The van der Waals surface area contributed by atoms with Gasteiger partial charge in [0.15, 0.2) is 0 Å². The van der Waals surface area contributed by atoms with Gasteiger partial charge in [-0.15, -0.1) is 0 Å². The van der Waals surface area contributed by atoms with E-state index in [0.717, 1.165) is 12.1 Å². The van der Waals surface area contributed by atoms with Gasteiger partial charge < -0.3 is 16.6 Å². The normalized spacial score (nSPS) is 22.4. The minimum atomic E-state index is -1.06. The predicted molar refractivity (Wildman–Crippen MR) is 86.1 cm³/mol. The zero-order valence-corrected chi connectivity index (χ0v) is 13.3. The van der Waals surface area contributed by atoms with Crippen molar-refractivity contribution < 1.29 is 19.2 Å². The molecule has 1 aromatic heterocycles. The first-order valence-corrected chi connectivity index (χ1v) is 7.45. The lowest BCUT2D eigenvalue weighted by Gasteiger charge is -2.41. The number of carbonyl (C=O) groups is 1. The van der Waals surface area contributed by atoms with E-state index in [1.54, 1.807) is 6.92 Å². The number of benzene rings is 1. The number of hydrogen-bond donors (Lipinski definition) is 3. The third-order valence-electron chi connectivity index (χ3n) is 4.31. The maximum Gasteiger partial charge on any atom is 0.304 e. The van der Waals surface area contributed by atoms with Crippen LogP contribution in [0.1, 0.15) is 36.2 Å². The molecule has 0 saturated heterocycles. The van der Waals surface area contributed by atoms with Gasteiger partial charge in [0.25, 0.3) is 5.91 Å². The first kappa shape index (κ1) is 16.8. The molecule has 132 valence electrons. The molecule has 1 amide bonds. The molecule has 0 radical (unpaired) electrons. The Morgan fingerprint density at radius 3 is 2.64 bits per heavy atom. The number of nitrogen functional groups attached to an aromatic ring is 1. The lowest BCUT2D eigenvalue weighted by molar-refractivity contribution is -0.387. The molecular weight excluding hydrogens is 333 g/mol. The number of primary amides is 1. The van der Waals surface area contributed by atoms with Crippen LogP contribution in [-0.2, 0) is 0 Å². The van der Waals surface area contributed by atoms with E-state index in [-0.39, 0.29) is 28.7 Å². The molecule has 2 aromatic rings. The van der Waals surface area contributed by atoms with E-state index >= 15 is 0 Å². The van der Waals surface area contributed by atoms with Crippen molar-refractivity contribution in [2.75, 3.05) is 5.73 Å². The topological polar surface area (TPSA) is 150 Å². The predicted octanol–water partition coefficient (Wildman–Crippen LogP) is 1.36. The Hall–Kier alpha value is -3.01. The highest BCUT2D eigenvalue weighted by atomic mass is 19.1. The summed E-state index contributed by atoms with van der Waals surface area (Å²) in [5.41, 5.74) is 9.93. The van der Waals surface area contributed by atoms with Gasteiger partial charge in [0.1, 0.15) is 17.1 Å². The molecule has 1 aromatic carbocycles. The average Bonchev–Trinajstić information content (AvgIpc) is 2.81. The Morgan fingerprint density at radius 2 is 2.16 bits per heavy atom. The average molecular weight is 349 g/mol. The monoisotopic (exact) mass is 349 g/mol. The molecule has 1 heterocycles. The number of nitrogens with zero attached hydrogens (tertiary/aromatic N) is 3.